The van der Waals surface area contributed by atoms with Crippen LogP contribution in [-0.2, 0) is 14.8 Å². The van der Waals surface area contributed by atoms with Crippen LogP contribution >= 0.6 is 11.6 Å². The van der Waals surface area contributed by atoms with Crippen LogP contribution < -0.4 is 0 Å². The highest BCUT2D eigenvalue weighted by molar-refractivity contribution is 7.89. The summed E-state index contributed by atoms with van der Waals surface area (Å²) < 4.78 is 26.6. The first-order chi connectivity index (χ1) is 9.41. The minimum Gasteiger partial charge on any atom is -0.325 e. The molecule has 0 radical (unpaired) electrons. The smallest absolute Gasteiger partial charge is 0.246 e. The first-order valence-corrected chi connectivity index (χ1v) is 8.28. The van der Waals surface area contributed by atoms with Gasteiger partial charge in [-0.05, 0) is 31.4 Å². The monoisotopic (exact) mass is 314 g/mol. The normalized spacial score (nSPS) is 20.7. The van der Waals surface area contributed by atoms with E-state index in [9.17, 15) is 13.2 Å². The largest absolute Gasteiger partial charge is 0.325 e. The number of carbonyl (C=O) groups excluding carboxylic acids is 1. The van der Waals surface area contributed by atoms with E-state index < -0.39 is 10.0 Å². The molecular formula is C13H15ClN2O3S. The molecule has 0 unspecified atom stereocenters. The lowest BCUT2D eigenvalue weighted by atomic mass is 10.2. The van der Waals surface area contributed by atoms with Crippen LogP contribution in [-0.4, -0.2) is 42.8 Å². The molecule has 1 aliphatic carbocycles. The van der Waals surface area contributed by atoms with Crippen LogP contribution in [0.15, 0.2) is 23.1 Å². The molecule has 1 amide bonds. The Balaban J connectivity index is 1.95. The quantitative estimate of drug-likeness (QED) is 0.851. The summed E-state index contributed by atoms with van der Waals surface area (Å²) in [4.78, 5) is 13.6. The van der Waals surface area contributed by atoms with Crippen LogP contribution in [0.5, 0.6) is 0 Å². The Morgan fingerprint density at radius 1 is 1.30 bits per heavy atom. The van der Waals surface area contributed by atoms with Gasteiger partial charge in [-0.2, -0.15) is 4.31 Å². The van der Waals surface area contributed by atoms with E-state index in [1.807, 2.05) is 0 Å². The predicted molar refractivity (Wildman–Crippen MR) is 74.8 cm³/mol. The van der Waals surface area contributed by atoms with Crippen LogP contribution in [0.1, 0.15) is 18.4 Å². The summed E-state index contributed by atoms with van der Waals surface area (Å²) in [7, 11) is -3.73. The zero-order valence-electron chi connectivity index (χ0n) is 11.0. The van der Waals surface area contributed by atoms with Crippen molar-refractivity contribution in [2.75, 3.05) is 13.2 Å². The number of rotatable bonds is 3. The number of aryl methyl sites for hydroxylation is 1. The molecule has 7 heteroatoms. The lowest BCUT2D eigenvalue weighted by molar-refractivity contribution is -0.127. The molecule has 0 N–H and O–H groups in total. The van der Waals surface area contributed by atoms with E-state index in [1.54, 1.807) is 30.0 Å². The number of sulfonamides is 1. The van der Waals surface area contributed by atoms with Gasteiger partial charge in [-0.1, -0.05) is 23.7 Å². The highest BCUT2D eigenvalue weighted by Gasteiger charge is 2.43. The van der Waals surface area contributed by atoms with Gasteiger partial charge in [0.2, 0.25) is 15.9 Å². The molecule has 0 spiro atoms. The molecule has 1 aromatic rings. The maximum Gasteiger partial charge on any atom is 0.246 e. The summed E-state index contributed by atoms with van der Waals surface area (Å²) in [5.41, 5.74) is 0.592. The lowest BCUT2D eigenvalue weighted by Crippen LogP contribution is -2.32. The van der Waals surface area contributed by atoms with Crippen LogP contribution in [0.4, 0.5) is 0 Å². The fourth-order valence-electron chi connectivity index (χ4n) is 2.48. The second-order valence-electron chi connectivity index (χ2n) is 5.24. The Kier molecular flexibility index (Phi) is 3.27. The van der Waals surface area contributed by atoms with Gasteiger partial charge in [0.05, 0.1) is 18.2 Å². The zero-order valence-corrected chi connectivity index (χ0v) is 12.6. The molecule has 0 atom stereocenters. The summed E-state index contributed by atoms with van der Waals surface area (Å²) in [5, 5.41) is 0.197. The van der Waals surface area contributed by atoms with Gasteiger partial charge in [0.15, 0.2) is 0 Å². The third-order valence-corrected chi connectivity index (χ3v) is 6.10. The number of hydrogen-bond acceptors (Lipinski definition) is 3. The van der Waals surface area contributed by atoms with E-state index in [1.165, 1.54) is 4.31 Å². The van der Waals surface area contributed by atoms with Crippen molar-refractivity contribution in [3.05, 3.63) is 28.8 Å². The first-order valence-electron chi connectivity index (χ1n) is 6.46. The third kappa shape index (κ3) is 2.21. The Bertz CT molecular complexity index is 650. The second-order valence-corrected chi connectivity index (χ2v) is 7.52. The first kappa shape index (κ1) is 13.9. The zero-order chi connectivity index (χ0) is 14.5. The molecule has 1 aromatic carbocycles. The average molecular weight is 315 g/mol. The van der Waals surface area contributed by atoms with Crippen molar-refractivity contribution >= 4 is 27.5 Å². The molecule has 108 valence electrons. The van der Waals surface area contributed by atoms with E-state index in [-0.39, 0.29) is 35.1 Å². The molecule has 1 aliphatic heterocycles. The van der Waals surface area contributed by atoms with Crippen LogP contribution in [0.3, 0.4) is 0 Å². The van der Waals surface area contributed by atoms with E-state index >= 15 is 0 Å². The van der Waals surface area contributed by atoms with Gasteiger partial charge in [-0.15, -0.1) is 0 Å². The van der Waals surface area contributed by atoms with E-state index in [2.05, 4.69) is 0 Å². The average Bonchev–Trinajstić information content (AvgIpc) is 3.11. The Labute approximate surface area is 123 Å². The van der Waals surface area contributed by atoms with Gasteiger partial charge >= 0.3 is 0 Å². The van der Waals surface area contributed by atoms with Gasteiger partial charge in [-0.3, -0.25) is 4.79 Å². The Morgan fingerprint density at radius 3 is 2.60 bits per heavy atom. The van der Waals surface area contributed by atoms with Crippen LogP contribution in [0.25, 0.3) is 0 Å². The molecule has 1 heterocycles. The van der Waals surface area contributed by atoms with Gasteiger partial charge in [0.1, 0.15) is 4.90 Å². The summed E-state index contributed by atoms with van der Waals surface area (Å²) in [6.07, 6.45) is 1.93. The van der Waals surface area contributed by atoms with E-state index in [0.29, 0.717) is 5.56 Å². The SMILES string of the molecule is Cc1cccc(Cl)c1S(=O)(=O)N1CC(=O)N(C2CC2)C1. The van der Waals surface area contributed by atoms with Crippen molar-refractivity contribution < 1.29 is 13.2 Å². The lowest BCUT2D eigenvalue weighted by Gasteiger charge is -2.19. The number of nitrogens with zero attached hydrogens (tertiary/aromatic N) is 2. The van der Waals surface area contributed by atoms with Crippen molar-refractivity contribution in [1.82, 2.24) is 9.21 Å². The van der Waals surface area contributed by atoms with Crippen molar-refractivity contribution in [3.63, 3.8) is 0 Å². The van der Waals surface area contributed by atoms with Gasteiger partial charge in [0, 0.05) is 6.04 Å². The van der Waals surface area contributed by atoms with Gasteiger partial charge in [-0.25, -0.2) is 8.42 Å². The molecule has 20 heavy (non-hydrogen) atoms. The molecule has 3 rings (SSSR count). The highest BCUT2D eigenvalue weighted by atomic mass is 35.5. The fraction of sp³-hybridized carbons (Fsp3) is 0.462. The van der Waals surface area contributed by atoms with Crippen molar-refractivity contribution in [1.29, 1.82) is 0 Å². The number of carbonyl (C=O) groups is 1. The van der Waals surface area contributed by atoms with Crippen LogP contribution in [0.2, 0.25) is 5.02 Å². The maximum absolute atomic E-state index is 12.7. The molecule has 1 saturated heterocycles. The van der Waals surface area contributed by atoms with Crippen molar-refractivity contribution in [3.8, 4) is 0 Å². The standard InChI is InChI=1S/C13H15ClN2O3S/c1-9-3-2-4-11(14)13(9)20(18,19)15-7-12(17)16(8-15)10-5-6-10/h2-4,10H,5-8H2,1H3. The second kappa shape index (κ2) is 4.72. The van der Waals surface area contributed by atoms with E-state index in [4.69, 9.17) is 11.6 Å². The third-order valence-electron chi connectivity index (χ3n) is 3.69. The molecule has 2 aliphatic rings. The molecular weight excluding hydrogens is 300 g/mol. The summed E-state index contributed by atoms with van der Waals surface area (Å²) >= 11 is 6.04. The number of amides is 1. The minimum atomic E-state index is -3.73. The number of benzene rings is 1. The summed E-state index contributed by atoms with van der Waals surface area (Å²) in [6.45, 7) is 1.75. The number of halogens is 1. The highest BCUT2D eigenvalue weighted by Crippen LogP contribution is 2.33. The van der Waals surface area contributed by atoms with E-state index in [0.717, 1.165) is 12.8 Å². The van der Waals surface area contributed by atoms with Gasteiger partial charge in [0.25, 0.3) is 0 Å². The van der Waals surface area contributed by atoms with Crippen molar-refractivity contribution in [2.24, 2.45) is 0 Å². The fourth-order valence-corrected chi connectivity index (χ4v) is 4.60. The Hall–Kier alpha value is -1.11. The molecule has 5 nitrogen and oxygen atoms in total. The molecule has 1 saturated carbocycles. The van der Waals surface area contributed by atoms with Crippen molar-refractivity contribution in [2.45, 2.75) is 30.7 Å². The predicted octanol–water partition coefficient (Wildman–Crippen LogP) is 1.60. The molecule has 0 aromatic heterocycles. The summed E-state index contributed by atoms with van der Waals surface area (Å²) in [5.74, 6) is -0.124. The summed E-state index contributed by atoms with van der Waals surface area (Å²) in [6, 6.07) is 5.19. The minimum absolute atomic E-state index is 0.0938. The number of hydrogen-bond donors (Lipinski definition) is 0. The molecule has 0 bridgehead atoms. The Morgan fingerprint density at radius 2 is 2.00 bits per heavy atom. The topological polar surface area (TPSA) is 57.7 Å². The maximum atomic E-state index is 12.7. The van der Waals surface area contributed by atoms with Crippen LogP contribution in [0, 0.1) is 6.92 Å². The molecule has 2 fully saturated rings. The van der Waals surface area contributed by atoms with Gasteiger partial charge < -0.3 is 4.90 Å².